The Morgan fingerprint density at radius 1 is 1.17 bits per heavy atom. The van der Waals surface area contributed by atoms with Crippen LogP contribution in [0.5, 0.6) is 0 Å². The summed E-state index contributed by atoms with van der Waals surface area (Å²) in [6.07, 6.45) is 3.57. The molecular weight excluding hydrogens is 286 g/mol. The molecule has 1 aromatic rings. The number of carbonyl (C=O) groups is 1. The zero-order valence-corrected chi connectivity index (χ0v) is 15.2. The van der Waals surface area contributed by atoms with Gasteiger partial charge in [-0.15, -0.1) is 0 Å². The molecule has 1 aliphatic rings. The fourth-order valence-electron chi connectivity index (χ4n) is 3.81. The normalized spacial score (nSPS) is 23.5. The van der Waals surface area contributed by atoms with Crippen LogP contribution in [-0.4, -0.2) is 28.7 Å². The molecule has 0 aromatic heterocycles. The number of amides is 1. The van der Waals surface area contributed by atoms with Crippen molar-refractivity contribution in [2.45, 2.75) is 78.2 Å². The van der Waals surface area contributed by atoms with Crippen molar-refractivity contribution in [1.82, 2.24) is 4.90 Å². The third-order valence-electron chi connectivity index (χ3n) is 5.12. The van der Waals surface area contributed by atoms with E-state index < -0.39 is 0 Å². The fourth-order valence-corrected chi connectivity index (χ4v) is 3.81. The first-order valence-electron chi connectivity index (χ1n) is 9.04. The molecule has 2 rings (SSSR count). The summed E-state index contributed by atoms with van der Waals surface area (Å²) in [5.41, 5.74) is 0.543. The van der Waals surface area contributed by atoms with Gasteiger partial charge in [-0.2, -0.15) is 0 Å². The summed E-state index contributed by atoms with van der Waals surface area (Å²) in [6, 6.07) is 9.75. The van der Waals surface area contributed by atoms with Gasteiger partial charge in [-0.05, 0) is 43.7 Å². The predicted molar refractivity (Wildman–Crippen MR) is 94.3 cm³/mol. The Morgan fingerprint density at radius 3 is 2.26 bits per heavy atom. The lowest BCUT2D eigenvalue weighted by Gasteiger charge is -2.36. The summed E-state index contributed by atoms with van der Waals surface area (Å²) in [4.78, 5) is 15.2. The summed E-state index contributed by atoms with van der Waals surface area (Å²) in [5, 5.41) is 0. The van der Waals surface area contributed by atoms with Crippen molar-refractivity contribution in [2.75, 3.05) is 0 Å². The number of nitrogens with zero attached hydrogens (tertiary/aromatic N) is 1. The minimum atomic E-state index is -0.213. The van der Waals surface area contributed by atoms with Gasteiger partial charge in [0.25, 0.3) is 5.91 Å². The van der Waals surface area contributed by atoms with Crippen LogP contribution in [0.2, 0.25) is 0 Å². The molecule has 0 saturated carbocycles. The third kappa shape index (κ3) is 3.45. The Morgan fingerprint density at radius 2 is 1.78 bits per heavy atom. The number of hydrogen-bond acceptors (Lipinski definition) is 2. The van der Waals surface area contributed by atoms with E-state index in [2.05, 4.69) is 34.6 Å². The molecule has 2 atom stereocenters. The second-order valence-electron chi connectivity index (χ2n) is 6.98. The maximum absolute atomic E-state index is 13.2. The molecule has 1 aliphatic heterocycles. The average molecular weight is 317 g/mol. The number of hydrogen-bond donors (Lipinski definition) is 0. The van der Waals surface area contributed by atoms with E-state index in [1.54, 1.807) is 0 Å². The van der Waals surface area contributed by atoms with Gasteiger partial charge >= 0.3 is 0 Å². The molecule has 0 N–H and O–H groups in total. The van der Waals surface area contributed by atoms with E-state index >= 15 is 0 Å². The summed E-state index contributed by atoms with van der Waals surface area (Å²) in [5.74, 6) is 0.634. The van der Waals surface area contributed by atoms with Crippen LogP contribution < -0.4 is 0 Å². The van der Waals surface area contributed by atoms with Gasteiger partial charge in [-0.25, -0.2) is 0 Å². The van der Waals surface area contributed by atoms with E-state index in [0.29, 0.717) is 5.92 Å². The quantitative estimate of drug-likeness (QED) is 0.749. The fraction of sp³-hybridized carbons (Fsp3) is 0.650. The number of rotatable bonds is 6. The lowest BCUT2D eigenvalue weighted by molar-refractivity contribution is -0.0632. The molecule has 0 spiro atoms. The highest BCUT2D eigenvalue weighted by Gasteiger charge is 2.52. The van der Waals surface area contributed by atoms with Crippen molar-refractivity contribution < 1.29 is 9.53 Å². The van der Waals surface area contributed by atoms with Gasteiger partial charge < -0.3 is 9.64 Å². The molecule has 1 heterocycles. The van der Waals surface area contributed by atoms with Gasteiger partial charge in [0.1, 0.15) is 6.23 Å². The van der Waals surface area contributed by atoms with Crippen LogP contribution in [-0.2, 0) is 4.74 Å². The maximum Gasteiger partial charge on any atom is 0.256 e. The minimum absolute atomic E-state index is 0.104. The van der Waals surface area contributed by atoms with Gasteiger partial charge in [0, 0.05) is 5.56 Å². The largest absolute Gasteiger partial charge is 0.350 e. The lowest BCUT2D eigenvalue weighted by atomic mass is 9.83. The molecule has 0 aliphatic carbocycles. The summed E-state index contributed by atoms with van der Waals surface area (Å²) in [6.45, 7) is 10.9. The molecule has 1 saturated heterocycles. The first-order valence-corrected chi connectivity index (χ1v) is 9.04. The molecule has 128 valence electrons. The molecule has 3 heteroatoms. The Balaban J connectivity index is 2.41. The van der Waals surface area contributed by atoms with Crippen LogP contribution in [0.15, 0.2) is 30.3 Å². The zero-order valence-electron chi connectivity index (χ0n) is 15.2. The van der Waals surface area contributed by atoms with Crippen molar-refractivity contribution in [1.29, 1.82) is 0 Å². The van der Waals surface area contributed by atoms with Crippen molar-refractivity contribution in [3.05, 3.63) is 35.9 Å². The van der Waals surface area contributed by atoms with E-state index in [1.165, 1.54) is 0 Å². The van der Waals surface area contributed by atoms with E-state index in [4.69, 9.17) is 4.74 Å². The van der Waals surface area contributed by atoms with Crippen LogP contribution in [0.4, 0.5) is 0 Å². The van der Waals surface area contributed by atoms with Crippen molar-refractivity contribution in [3.63, 3.8) is 0 Å². The minimum Gasteiger partial charge on any atom is -0.350 e. The van der Waals surface area contributed by atoms with Crippen molar-refractivity contribution >= 4 is 5.91 Å². The summed E-state index contributed by atoms with van der Waals surface area (Å²) < 4.78 is 6.47. The lowest BCUT2D eigenvalue weighted by Crippen LogP contribution is -2.48. The topological polar surface area (TPSA) is 29.5 Å². The average Bonchev–Trinajstić information content (AvgIpc) is 2.88. The molecule has 1 aromatic carbocycles. The van der Waals surface area contributed by atoms with Crippen LogP contribution in [0, 0.1) is 5.92 Å². The second-order valence-corrected chi connectivity index (χ2v) is 6.98. The standard InChI is InChI=1S/C20H31NO2/c1-6-18-21(19(22)16-12-10-9-11-13-16)17(14-15(4)5)20(7-2,8-3)23-18/h9-13,15,17-18H,6-8,14H2,1-5H3/t17-,18-/m0/s1. The third-order valence-corrected chi connectivity index (χ3v) is 5.12. The SMILES string of the molecule is CC[C@@H]1OC(CC)(CC)[C@H](CC(C)C)N1C(=O)c1ccccc1. The van der Waals surface area contributed by atoms with E-state index in [9.17, 15) is 4.79 Å². The Labute approximate surface area is 141 Å². The highest BCUT2D eigenvalue weighted by molar-refractivity contribution is 5.94. The highest BCUT2D eigenvalue weighted by atomic mass is 16.5. The zero-order chi connectivity index (χ0) is 17.0. The van der Waals surface area contributed by atoms with Crippen LogP contribution >= 0.6 is 0 Å². The van der Waals surface area contributed by atoms with Crippen LogP contribution in [0.25, 0.3) is 0 Å². The van der Waals surface area contributed by atoms with Gasteiger partial charge in [0.15, 0.2) is 0 Å². The highest BCUT2D eigenvalue weighted by Crippen LogP contribution is 2.42. The molecule has 23 heavy (non-hydrogen) atoms. The summed E-state index contributed by atoms with van der Waals surface area (Å²) >= 11 is 0. The van der Waals surface area contributed by atoms with Gasteiger partial charge in [0.05, 0.1) is 11.6 Å². The Kier molecular flexibility index (Phi) is 5.85. The monoisotopic (exact) mass is 317 g/mol. The Bertz CT molecular complexity index is 508. The molecule has 1 fully saturated rings. The van der Waals surface area contributed by atoms with E-state index in [1.807, 2.05) is 35.2 Å². The molecule has 0 radical (unpaired) electrons. The predicted octanol–water partition coefficient (Wildman–Crippen LogP) is 4.87. The Hall–Kier alpha value is -1.35. The van der Waals surface area contributed by atoms with Crippen molar-refractivity contribution in [3.8, 4) is 0 Å². The van der Waals surface area contributed by atoms with Crippen LogP contribution in [0.1, 0.15) is 70.7 Å². The molecule has 1 amide bonds. The first kappa shape index (κ1) is 18.0. The van der Waals surface area contributed by atoms with Crippen LogP contribution in [0.3, 0.4) is 0 Å². The molecule has 0 bridgehead atoms. The first-order chi connectivity index (χ1) is 11.0. The molecule has 0 unspecified atom stereocenters. The number of carbonyl (C=O) groups excluding carboxylic acids is 1. The molecule has 3 nitrogen and oxygen atoms in total. The van der Waals surface area contributed by atoms with Gasteiger partial charge in [0.2, 0.25) is 0 Å². The second kappa shape index (κ2) is 7.48. The summed E-state index contributed by atoms with van der Waals surface area (Å²) in [7, 11) is 0. The van der Waals surface area contributed by atoms with Gasteiger partial charge in [-0.3, -0.25) is 4.79 Å². The van der Waals surface area contributed by atoms with Crippen molar-refractivity contribution in [2.24, 2.45) is 5.92 Å². The maximum atomic E-state index is 13.2. The number of ether oxygens (including phenoxy) is 1. The van der Waals surface area contributed by atoms with E-state index in [-0.39, 0.29) is 23.8 Å². The number of benzene rings is 1. The van der Waals surface area contributed by atoms with Gasteiger partial charge in [-0.1, -0.05) is 52.8 Å². The van der Waals surface area contributed by atoms with E-state index in [0.717, 1.165) is 31.2 Å². The smallest absolute Gasteiger partial charge is 0.256 e. The molecular formula is C20H31NO2.